The highest BCUT2D eigenvalue weighted by Crippen LogP contribution is 1.94. The van der Waals surface area contributed by atoms with Gasteiger partial charge in [0.1, 0.15) is 6.10 Å². The van der Waals surface area contributed by atoms with Crippen LogP contribution in [0.5, 0.6) is 0 Å². The van der Waals surface area contributed by atoms with Crippen molar-refractivity contribution in [2.75, 3.05) is 0 Å². The smallest absolute Gasteiger partial charge is 0.384 e. The average molecular weight is 168 g/mol. The molecule has 0 saturated heterocycles. The maximum atomic E-state index is 10.5. The Morgan fingerprint density at radius 3 is 2.58 bits per heavy atom. The maximum Gasteiger partial charge on any atom is 0.384 e. The molecule has 0 heterocycles. The second-order valence-corrected chi connectivity index (χ2v) is 2.38. The third-order valence-corrected chi connectivity index (χ3v) is 1.07. The van der Waals surface area contributed by atoms with Crippen molar-refractivity contribution in [2.24, 2.45) is 0 Å². The molecule has 0 aromatic heterocycles. The van der Waals surface area contributed by atoms with Crippen molar-refractivity contribution in [3.63, 3.8) is 0 Å². The Kier molecular flexibility index (Phi) is 4.82. The van der Waals surface area contributed by atoms with Crippen LogP contribution in [0.25, 0.3) is 0 Å². The van der Waals surface area contributed by atoms with Crippen molar-refractivity contribution < 1.29 is 14.6 Å². The van der Waals surface area contributed by atoms with Gasteiger partial charge in [0.15, 0.2) is 0 Å². The molecule has 0 fully saturated rings. The van der Waals surface area contributed by atoms with E-state index in [1.165, 1.54) is 6.08 Å². The molecular weight excluding hydrogens is 156 g/mol. The van der Waals surface area contributed by atoms with Crippen LogP contribution in [0.3, 0.4) is 0 Å². The number of hydrogen-bond acceptors (Lipinski definition) is 3. The summed E-state index contributed by atoms with van der Waals surface area (Å²) in [7, 11) is 0. The largest absolute Gasteiger partial charge is 0.449 e. The highest BCUT2D eigenvalue weighted by molar-refractivity contribution is 5.87. The Hall–Kier alpha value is -1.27. The second-order valence-electron chi connectivity index (χ2n) is 2.38. The number of hydrogen-bond donors (Lipinski definition) is 1. The minimum absolute atomic E-state index is 0.400. The summed E-state index contributed by atoms with van der Waals surface area (Å²) in [5.74, 6) is 1.13. The molecule has 0 aromatic rings. The third-order valence-electron chi connectivity index (χ3n) is 1.07. The van der Waals surface area contributed by atoms with E-state index in [0.29, 0.717) is 0 Å². The molecule has 0 aromatic carbocycles. The van der Waals surface area contributed by atoms with E-state index >= 15 is 0 Å². The fourth-order valence-electron chi connectivity index (χ4n) is 0.559. The molecule has 0 amide bonds. The topological polar surface area (TPSA) is 46.5 Å². The number of rotatable bonds is 3. The van der Waals surface area contributed by atoms with Crippen molar-refractivity contribution in [3.8, 4) is 12.3 Å². The van der Waals surface area contributed by atoms with Crippen LogP contribution in [0.1, 0.15) is 13.8 Å². The van der Waals surface area contributed by atoms with Gasteiger partial charge in [0, 0.05) is 5.92 Å². The van der Waals surface area contributed by atoms with Crippen molar-refractivity contribution in [3.05, 3.63) is 12.2 Å². The number of aliphatic hydroxyl groups excluding tert-OH is 1. The van der Waals surface area contributed by atoms with E-state index < -0.39 is 18.2 Å². The van der Waals surface area contributed by atoms with Crippen molar-refractivity contribution in [2.45, 2.75) is 26.1 Å². The van der Waals surface area contributed by atoms with Crippen LogP contribution in [0, 0.1) is 12.3 Å². The zero-order valence-electron chi connectivity index (χ0n) is 7.15. The summed E-state index contributed by atoms with van der Waals surface area (Å²) in [6.07, 6.45) is 6.93. The molecule has 3 heteroatoms. The number of ether oxygens (including phenoxy) is 1. The lowest BCUT2D eigenvalue weighted by atomic mass is 10.3. The highest BCUT2D eigenvalue weighted by atomic mass is 16.5. The summed E-state index contributed by atoms with van der Waals surface area (Å²) in [6.45, 7) is 3.26. The molecule has 0 spiro atoms. The molecule has 66 valence electrons. The molecule has 0 radical (unpaired) electrons. The van der Waals surface area contributed by atoms with Crippen LogP contribution < -0.4 is 0 Å². The monoisotopic (exact) mass is 168 g/mol. The van der Waals surface area contributed by atoms with Crippen LogP contribution in [-0.4, -0.2) is 23.3 Å². The number of carbonyl (C=O) groups is 1. The van der Waals surface area contributed by atoms with E-state index in [4.69, 9.17) is 11.5 Å². The van der Waals surface area contributed by atoms with Crippen molar-refractivity contribution in [1.29, 1.82) is 0 Å². The second kappa shape index (κ2) is 5.39. The summed E-state index contributed by atoms with van der Waals surface area (Å²) in [4.78, 5) is 10.5. The van der Waals surface area contributed by atoms with Gasteiger partial charge in [0.05, 0.1) is 6.10 Å². The molecule has 0 saturated carbocycles. The van der Waals surface area contributed by atoms with Gasteiger partial charge in [-0.1, -0.05) is 6.08 Å². The Labute approximate surface area is 72.0 Å². The Bertz CT molecular complexity index is 210. The molecule has 0 bridgehead atoms. The molecule has 0 aliphatic rings. The van der Waals surface area contributed by atoms with Gasteiger partial charge in [-0.25, -0.2) is 4.79 Å². The molecule has 0 aliphatic heterocycles. The predicted molar refractivity (Wildman–Crippen MR) is 45.2 cm³/mol. The molecule has 0 aliphatic carbocycles. The number of carbonyl (C=O) groups excluding carboxylic acids is 1. The van der Waals surface area contributed by atoms with Crippen LogP contribution in [0.4, 0.5) is 0 Å². The lowest BCUT2D eigenvalue weighted by molar-refractivity contribution is -0.139. The van der Waals surface area contributed by atoms with E-state index in [0.717, 1.165) is 0 Å². The van der Waals surface area contributed by atoms with Crippen LogP contribution in [-0.2, 0) is 9.53 Å². The molecule has 0 rings (SSSR count). The summed E-state index contributed by atoms with van der Waals surface area (Å²) in [5.41, 5.74) is 0. The molecule has 3 nitrogen and oxygen atoms in total. The van der Waals surface area contributed by atoms with E-state index in [2.05, 4.69) is 4.74 Å². The molecular formula is C9H12O3. The third kappa shape index (κ3) is 5.51. The van der Waals surface area contributed by atoms with E-state index in [9.17, 15) is 4.79 Å². The van der Waals surface area contributed by atoms with Gasteiger partial charge >= 0.3 is 5.97 Å². The lowest BCUT2D eigenvalue weighted by Crippen LogP contribution is -2.11. The van der Waals surface area contributed by atoms with Crippen molar-refractivity contribution >= 4 is 5.97 Å². The van der Waals surface area contributed by atoms with E-state index in [1.807, 2.05) is 5.92 Å². The van der Waals surface area contributed by atoms with Gasteiger partial charge in [0.25, 0.3) is 0 Å². The first-order valence-electron chi connectivity index (χ1n) is 3.60. The standard InChI is InChI=1S/C9H12O3/c1-4-9(11)12-8(3)6-5-7(2)10/h1,5-8,10H,2-3H3/b6-5-. The van der Waals surface area contributed by atoms with Gasteiger partial charge in [-0.15, -0.1) is 6.42 Å². The van der Waals surface area contributed by atoms with Crippen LogP contribution in [0.15, 0.2) is 12.2 Å². The fourth-order valence-corrected chi connectivity index (χ4v) is 0.559. The summed E-state index contributed by atoms with van der Waals surface area (Å²) in [6, 6.07) is 0. The van der Waals surface area contributed by atoms with Gasteiger partial charge < -0.3 is 9.84 Å². The van der Waals surface area contributed by atoms with E-state index in [-0.39, 0.29) is 0 Å². The number of aliphatic hydroxyl groups is 1. The highest BCUT2D eigenvalue weighted by Gasteiger charge is 2.02. The zero-order chi connectivity index (χ0) is 9.56. The van der Waals surface area contributed by atoms with Gasteiger partial charge in [-0.3, -0.25) is 0 Å². The first-order chi connectivity index (χ1) is 5.56. The molecule has 12 heavy (non-hydrogen) atoms. The van der Waals surface area contributed by atoms with Crippen LogP contribution >= 0.6 is 0 Å². The molecule has 2 atom stereocenters. The summed E-state index contributed by atoms with van der Waals surface area (Å²) < 4.78 is 4.68. The number of esters is 1. The van der Waals surface area contributed by atoms with Gasteiger partial charge in [0.2, 0.25) is 0 Å². The van der Waals surface area contributed by atoms with Crippen LogP contribution in [0.2, 0.25) is 0 Å². The summed E-state index contributed by atoms with van der Waals surface area (Å²) in [5, 5.41) is 8.82. The Morgan fingerprint density at radius 1 is 1.58 bits per heavy atom. The lowest BCUT2D eigenvalue weighted by Gasteiger charge is -2.05. The van der Waals surface area contributed by atoms with E-state index in [1.54, 1.807) is 19.9 Å². The minimum atomic E-state index is -0.697. The quantitative estimate of drug-likeness (QED) is 0.289. The average Bonchev–Trinajstić information content (AvgIpc) is 2.00. The molecule has 1 N–H and O–H groups in total. The predicted octanol–water partition coefficient (Wildman–Crippen LogP) is 0.488. The SMILES string of the molecule is C#CC(=O)OC(C)/C=C\C(C)O. The normalized spacial score (nSPS) is 15.2. The van der Waals surface area contributed by atoms with Gasteiger partial charge in [-0.2, -0.15) is 0 Å². The maximum absolute atomic E-state index is 10.5. The van der Waals surface area contributed by atoms with Crippen molar-refractivity contribution in [1.82, 2.24) is 0 Å². The number of terminal acetylenes is 1. The summed E-state index contributed by atoms with van der Waals surface area (Å²) >= 11 is 0. The Morgan fingerprint density at radius 2 is 2.17 bits per heavy atom. The fraction of sp³-hybridized carbons (Fsp3) is 0.444. The molecule has 2 unspecified atom stereocenters. The zero-order valence-corrected chi connectivity index (χ0v) is 7.15. The first kappa shape index (κ1) is 10.7. The van der Waals surface area contributed by atoms with Gasteiger partial charge in [-0.05, 0) is 19.9 Å². The Balaban J connectivity index is 3.83. The first-order valence-corrected chi connectivity index (χ1v) is 3.60. The minimum Gasteiger partial charge on any atom is -0.449 e.